The fraction of sp³-hybridized carbons (Fsp3) is 0. The molecule has 0 aliphatic heterocycles. The molecule has 0 bridgehead atoms. The predicted molar refractivity (Wildman–Crippen MR) is 63.5 cm³/mol. The summed E-state index contributed by atoms with van der Waals surface area (Å²) in [5.74, 6) is -2.12. The average molecular weight is 304 g/mol. The SMILES string of the molecule is O=C(O)c1ccc(S(=O)(=O)Nc2nccc(Cl)n2)o1. The molecule has 0 aliphatic carbocycles. The van der Waals surface area contributed by atoms with Crippen LogP contribution in [0.25, 0.3) is 0 Å². The van der Waals surface area contributed by atoms with Gasteiger partial charge in [0.25, 0.3) is 10.0 Å². The van der Waals surface area contributed by atoms with Crippen LogP contribution < -0.4 is 4.72 Å². The van der Waals surface area contributed by atoms with E-state index in [0.29, 0.717) is 0 Å². The van der Waals surface area contributed by atoms with Gasteiger partial charge in [-0.3, -0.25) is 0 Å². The molecular formula is C9H6ClN3O5S. The van der Waals surface area contributed by atoms with Crippen molar-refractivity contribution in [2.75, 3.05) is 4.72 Å². The number of furan rings is 1. The van der Waals surface area contributed by atoms with Crippen molar-refractivity contribution in [3.8, 4) is 0 Å². The van der Waals surface area contributed by atoms with Crippen molar-refractivity contribution in [3.63, 3.8) is 0 Å². The Bertz CT molecular complexity index is 727. The first-order valence-corrected chi connectivity index (χ1v) is 6.59. The molecule has 0 aromatic carbocycles. The number of carbonyl (C=O) groups is 1. The van der Waals surface area contributed by atoms with Gasteiger partial charge in [0.15, 0.2) is 0 Å². The third-order valence-corrected chi connectivity index (χ3v) is 3.32. The van der Waals surface area contributed by atoms with Crippen LogP contribution >= 0.6 is 11.6 Å². The summed E-state index contributed by atoms with van der Waals surface area (Å²) in [4.78, 5) is 17.9. The van der Waals surface area contributed by atoms with E-state index in [2.05, 4.69) is 14.4 Å². The number of anilines is 1. The van der Waals surface area contributed by atoms with Crippen LogP contribution in [0.1, 0.15) is 10.6 Å². The zero-order valence-corrected chi connectivity index (χ0v) is 10.6. The Morgan fingerprint density at radius 3 is 2.68 bits per heavy atom. The Kier molecular flexibility index (Phi) is 3.40. The Hall–Kier alpha value is -2.13. The highest BCUT2D eigenvalue weighted by atomic mass is 35.5. The number of rotatable bonds is 4. The minimum absolute atomic E-state index is 0.0540. The second-order valence-corrected chi connectivity index (χ2v) is 5.23. The molecule has 2 aromatic heterocycles. The van der Waals surface area contributed by atoms with E-state index in [1.807, 2.05) is 4.72 Å². The predicted octanol–water partition coefficient (Wildman–Crippen LogP) is 1.22. The lowest BCUT2D eigenvalue weighted by Crippen LogP contribution is -2.14. The van der Waals surface area contributed by atoms with Crippen LogP contribution in [-0.2, 0) is 10.0 Å². The van der Waals surface area contributed by atoms with Crippen molar-refractivity contribution in [3.05, 3.63) is 35.3 Å². The molecule has 0 amide bonds. The van der Waals surface area contributed by atoms with Gasteiger partial charge in [-0.2, -0.15) is 8.42 Å². The minimum atomic E-state index is -4.11. The fourth-order valence-electron chi connectivity index (χ4n) is 1.14. The topological polar surface area (TPSA) is 122 Å². The lowest BCUT2D eigenvalue weighted by atomic mass is 10.5. The van der Waals surface area contributed by atoms with E-state index in [9.17, 15) is 13.2 Å². The maximum Gasteiger partial charge on any atom is 0.371 e. The van der Waals surface area contributed by atoms with Crippen molar-refractivity contribution in [1.82, 2.24) is 9.97 Å². The Labute approximate surface area is 112 Å². The highest BCUT2D eigenvalue weighted by Gasteiger charge is 2.22. The first-order chi connectivity index (χ1) is 8.88. The number of aromatic carboxylic acids is 1. The number of sulfonamides is 1. The Morgan fingerprint density at radius 1 is 1.37 bits per heavy atom. The molecule has 0 aliphatic rings. The zero-order valence-electron chi connectivity index (χ0n) is 9.07. The summed E-state index contributed by atoms with van der Waals surface area (Å²) < 4.78 is 30.3. The van der Waals surface area contributed by atoms with Gasteiger partial charge in [-0.25, -0.2) is 19.5 Å². The number of halogens is 1. The first-order valence-electron chi connectivity index (χ1n) is 4.73. The van der Waals surface area contributed by atoms with Gasteiger partial charge in [0.2, 0.25) is 16.8 Å². The van der Waals surface area contributed by atoms with Gasteiger partial charge in [-0.1, -0.05) is 11.6 Å². The van der Waals surface area contributed by atoms with Gasteiger partial charge in [0.05, 0.1) is 0 Å². The molecule has 0 unspecified atom stereocenters. The van der Waals surface area contributed by atoms with Gasteiger partial charge < -0.3 is 9.52 Å². The number of aromatic nitrogens is 2. The van der Waals surface area contributed by atoms with Crippen molar-refractivity contribution >= 4 is 33.5 Å². The molecular weight excluding hydrogens is 298 g/mol. The third kappa shape index (κ3) is 3.01. The second-order valence-electron chi connectivity index (χ2n) is 3.23. The maximum absolute atomic E-state index is 11.8. The van der Waals surface area contributed by atoms with E-state index in [-0.39, 0.29) is 11.1 Å². The quantitative estimate of drug-likeness (QED) is 0.814. The van der Waals surface area contributed by atoms with Crippen LogP contribution in [0.4, 0.5) is 5.95 Å². The van der Waals surface area contributed by atoms with E-state index in [1.54, 1.807) is 0 Å². The molecule has 2 aromatic rings. The summed E-state index contributed by atoms with van der Waals surface area (Å²) in [5.41, 5.74) is 0. The summed E-state index contributed by atoms with van der Waals surface area (Å²) in [6, 6.07) is 3.40. The largest absolute Gasteiger partial charge is 0.475 e. The zero-order chi connectivity index (χ0) is 14.0. The van der Waals surface area contributed by atoms with Gasteiger partial charge in [-0.05, 0) is 18.2 Å². The van der Waals surface area contributed by atoms with Crippen LogP contribution in [-0.4, -0.2) is 29.5 Å². The number of hydrogen-bond donors (Lipinski definition) is 2. The number of hydrogen-bond acceptors (Lipinski definition) is 6. The highest BCUT2D eigenvalue weighted by Crippen LogP contribution is 2.17. The molecule has 0 saturated heterocycles. The molecule has 0 spiro atoms. The lowest BCUT2D eigenvalue weighted by Gasteiger charge is -2.03. The van der Waals surface area contributed by atoms with Crippen LogP contribution in [0.5, 0.6) is 0 Å². The van der Waals surface area contributed by atoms with Crippen LogP contribution in [0.2, 0.25) is 5.15 Å². The molecule has 0 fully saturated rings. The first kappa shape index (κ1) is 13.3. The molecule has 2 N–H and O–H groups in total. The number of nitrogens with one attached hydrogen (secondary N) is 1. The minimum Gasteiger partial charge on any atom is -0.475 e. The van der Waals surface area contributed by atoms with Crippen LogP contribution in [0, 0.1) is 0 Å². The molecule has 10 heteroatoms. The lowest BCUT2D eigenvalue weighted by molar-refractivity contribution is 0.0656. The third-order valence-electron chi connectivity index (χ3n) is 1.90. The average Bonchev–Trinajstić information content (AvgIpc) is 2.78. The standard InChI is InChI=1S/C9H6ClN3O5S/c10-6-3-4-11-9(12-6)13-19(16,17)7-2-1-5(18-7)8(14)15/h1-4H,(H,14,15)(H,11,12,13). The fourth-order valence-corrected chi connectivity index (χ4v) is 2.16. The van der Waals surface area contributed by atoms with E-state index in [0.717, 1.165) is 12.1 Å². The Morgan fingerprint density at radius 2 is 2.11 bits per heavy atom. The second kappa shape index (κ2) is 4.86. The van der Waals surface area contributed by atoms with E-state index >= 15 is 0 Å². The van der Waals surface area contributed by atoms with Crippen LogP contribution in [0.15, 0.2) is 33.9 Å². The molecule has 0 atom stereocenters. The van der Waals surface area contributed by atoms with Crippen molar-refractivity contribution in [1.29, 1.82) is 0 Å². The van der Waals surface area contributed by atoms with Gasteiger partial charge in [-0.15, -0.1) is 0 Å². The molecule has 0 radical (unpaired) electrons. The van der Waals surface area contributed by atoms with Gasteiger partial charge >= 0.3 is 5.97 Å². The van der Waals surface area contributed by atoms with E-state index in [4.69, 9.17) is 16.7 Å². The van der Waals surface area contributed by atoms with E-state index in [1.165, 1.54) is 12.3 Å². The van der Waals surface area contributed by atoms with Crippen molar-refractivity contribution < 1.29 is 22.7 Å². The molecule has 19 heavy (non-hydrogen) atoms. The molecule has 100 valence electrons. The number of carboxylic acids is 1. The number of carboxylic acid groups (broad SMARTS) is 1. The molecule has 2 heterocycles. The van der Waals surface area contributed by atoms with Crippen molar-refractivity contribution in [2.24, 2.45) is 0 Å². The smallest absolute Gasteiger partial charge is 0.371 e. The summed E-state index contributed by atoms with van der Waals surface area (Å²) >= 11 is 5.58. The van der Waals surface area contributed by atoms with Gasteiger partial charge in [0.1, 0.15) is 5.15 Å². The summed E-state index contributed by atoms with van der Waals surface area (Å²) in [6.45, 7) is 0. The number of nitrogens with zero attached hydrogens (tertiary/aromatic N) is 2. The van der Waals surface area contributed by atoms with E-state index < -0.39 is 26.8 Å². The maximum atomic E-state index is 11.8. The normalized spacial score (nSPS) is 11.2. The monoisotopic (exact) mass is 303 g/mol. The van der Waals surface area contributed by atoms with Crippen LogP contribution in [0.3, 0.4) is 0 Å². The molecule has 2 rings (SSSR count). The molecule has 0 saturated carbocycles. The Balaban J connectivity index is 2.29. The summed E-state index contributed by atoms with van der Waals surface area (Å²) in [5, 5.41) is 8.13. The van der Waals surface area contributed by atoms with Gasteiger partial charge in [0, 0.05) is 6.20 Å². The summed E-state index contributed by atoms with van der Waals surface area (Å²) in [7, 11) is -4.11. The van der Waals surface area contributed by atoms with Crippen molar-refractivity contribution in [2.45, 2.75) is 5.09 Å². The highest BCUT2D eigenvalue weighted by molar-refractivity contribution is 7.92. The molecule has 8 nitrogen and oxygen atoms in total. The summed E-state index contributed by atoms with van der Waals surface area (Å²) in [6.07, 6.45) is 1.26.